The van der Waals surface area contributed by atoms with E-state index < -0.39 is 0 Å². The summed E-state index contributed by atoms with van der Waals surface area (Å²) in [5, 5.41) is 14.3. The quantitative estimate of drug-likeness (QED) is 0.767. The molecule has 0 aliphatic carbocycles. The third-order valence-electron chi connectivity index (χ3n) is 3.43. The Kier molecular flexibility index (Phi) is 4.20. The summed E-state index contributed by atoms with van der Waals surface area (Å²) in [6, 6.07) is 13.0. The van der Waals surface area contributed by atoms with E-state index in [0.717, 1.165) is 15.6 Å². The monoisotopic (exact) mass is 371 g/mol. The molecule has 0 aliphatic heterocycles. The molecule has 3 rings (SSSR count). The summed E-state index contributed by atoms with van der Waals surface area (Å²) in [4.78, 5) is 12.4. The van der Waals surface area contributed by atoms with E-state index in [1.165, 1.54) is 0 Å². The van der Waals surface area contributed by atoms with Crippen molar-refractivity contribution in [3.63, 3.8) is 0 Å². The van der Waals surface area contributed by atoms with Crippen molar-refractivity contribution in [1.29, 1.82) is 0 Å². The lowest BCUT2D eigenvalue weighted by Crippen LogP contribution is -2.13. The van der Waals surface area contributed by atoms with Crippen LogP contribution in [-0.2, 0) is 7.05 Å². The molecule has 6 nitrogen and oxygen atoms in total. The summed E-state index contributed by atoms with van der Waals surface area (Å²) >= 11 is 3.40. The van der Waals surface area contributed by atoms with Gasteiger partial charge in [0.05, 0.1) is 0 Å². The van der Waals surface area contributed by atoms with Gasteiger partial charge in [-0.15, -0.1) is 5.10 Å². The van der Waals surface area contributed by atoms with Crippen molar-refractivity contribution in [2.75, 3.05) is 5.32 Å². The lowest BCUT2D eigenvalue weighted by Gasteiger charge is -2.09. The van der Waals surface area contributed by atoms with Crippen molar-refractivity contribution in [2.45, 2.75) is 6.92 Å². The molecule has 0 atom stereocenters. The van der Waals surface area contributed by atoms with Gasteiger partial charge >= 0.3 is 0 Å². The van der Waals surface area contributed by atoms with Crippen LogP contribution in [0, 0.1) is 6.92 Å². The van der Waals surface area contributed by atoms with Crippen molar-refractivity contribution in [1.82, 2.24) is 20.2 Å². The first-order valence-electron chi connectivity index (χ1n) is 6.95. The first-order chi connectivity index (χ1) is 11.0. The maximum atomic E-state index is 12.4. The highest BCUT2D eigenvalue weighted by Crippen LogP contribution is 2.21. The standard InChI is InChI=1S/C16H14BrN5O/c1-10-8-12(17)6-7-14(10)16(23)18-13-5-3-4-11(9-13)15-19-20-21-22(15)2/h3-9H,1-2H3,(H,18,23). The average Bonchev–Trinajstić information content (AvgIpc) is 2.93. The Hall–Kier alpha value is -2.54. The maximum Gasteiger partial charge on any atom is 0.255 e. The molecule has 2 aromatic carbocycles. The number of tetrazole rings is 1. The van der Waals surface area contributed by atoms with Gasteiger partial charge in [0.15, 0.2) is 5.82 Å². The zero-order chi connectivity index (χ0) is 16.4. The summed E-state index contributed by atoms with van der Waals surface area (Å²) in [6.45, 7) is 1.90. The van der Waals surface area contributed by atoms with Gasteiger partial charge in [-0.2, -0.15) is 0 Å². The first-order valence-corrected chi connectivity index (χ1v) is 7.74. The number of rotatable bonds is 3. The van der Waals surface area contributed by atoms with Gasteiger partial charge < -0.3 is 5.32 Å². The first kappa shape index (κ1) is 15.4. The molecule has 0 bridgehead atoms. The van der Waals surface area contributed by atoms with Crippen LogP contribution in [0.3, 0.4) is 0 Å². The molecule has 0 aliphatic rings. The van der Waals surface area contributed by atoms with Crippen LogP contribution < -0.4 is 5.32 Å². The minimum atomic E-state index is -0.150. The third-order valence-corrected chi connectivity index (χ3v) is 3.93. The number of amides is 1. The Morgan fingerprint density at radius 3 is 2.74 bits per heavy atom. The molecule has 3 aromatic rings. The molecule has 23 heavy (non-hydrogen) atoms. The third kappa shape index (κ3) is 3.29. The van der Waals surface area contributed by atoms with Crippen LogP contribution in [0.4, 0.5) is 5.69 Å². The number of nitrogens with one attached hydrogen (secondary N) is 1. The van der Waals surface area contributed by atoms with Crippen molar-refractivity contribution in [3.8, 4) is 11.4 Å². The van der Waals surface area contributed by atoms with Crippen molar-refractivity contribution in [2.24, 2.45) is 7.05 Å². The minimum absolute atomic E-state index is 0.150. The van der Waals surface area contributed by atoms with Gasteiger partial charge in [-0.05, 0) is 53.2 Å². The second-order valence-corrected chi connectivity index (χ2v) is 6.04. The largest absolute Gasteiger partial charge is 0.322 e. The van der Waals surface area contributed by atoms with E-state index in [9.17, 15) is 4.79 Å². The number of benzene rings is 2. The Morgan fingerprint density at radius 1 is 1.22 bits per heavy atom. The van der Waals surface area contributed by atoms with Crippen LogP contribution in [0.1, 0.15) is 15.9 Å². The molecule has 116 valence electrons. The Morgan fingerprint density at radius 2 is 2.04 bits per heavy atom. The van der Waals surface area contributed by atoms with E-state index >= 15 is 0 Å². The molecular formula is C16H14BrN5O. The fraction of sp³-hybridized carbons (Fsp3) is 0.125. The summed E-state index contributed by atoms with van der Waals surface area (Å²) in [5.41, 5.74) is 3.07. The average molecular weight is 372 g/mol. The van der Waals surface area contributed by atoms with E-state index in [1.54, 1.807) is 17.8 Å². The number of anilines is 1. The van der Waals surface area contributed by atoms with Gasteiger partial charge in [-0.3, -0.25) is 4.79 Å². The van der Waals surface area contributed by atoms with Crippen molar-refractivity contribution < 1.29 is 4.79 Å². The van der Waals surface area contributed by atoms with E-state index in [4.69, 9.17) is 0 Å². The lowest BCUT2D eigenvalue weighted by atomic mass is 10.1. The number of aryl methyl sites for hydroxylation is 2. The number of hydrogen-bond donors (Lipinski definition) is 1. The Balaban J connectivity index is 1.86. The number of aromatic nitrogens is 4. The number of halogens is 1. The van der Waals surface area contributed by atoms with Gasteiger partial charge in [0.25, 0.3) is 5.91 Å². The topological polar surface area (TPSA) is 72.7 Å². The highest BCUT2D eigenvalue weighted by Gasteiger charge is 2.11. The molecule has 0 spiro atoms. The van der Waals surface area contributed by atoms with Crippen LogP contribution >= 0.6 is 15.9 Å². The van der Waals surface area contributed by atoms with Crippen LogP contribution in [-0.4, -0.2) is 26.1 Å². The molecule has 0 radical (unpaired) electrons. The molecule has 1 amide bonds. The SMILES string of the molecule is Cc1cc(Br)ccc1C(=O)Nc1cccc(-c2nnnn2C)c1. The van der Waals surface area contributed by atoms with E-state index in [0.29, 0.717) is 17.1 Å². The predicted molar refractivity (Wildman–Crippen MR) is 91.1 cm³/mol. The zero-order valence-electron chi connectivity index (χ0n) is 12.6. The lowest BCUT2D eigenvalue weighted by molar-refractivity contribution is 0.102. The van der Waals surface area contributed by atoms with Gasteiger partial charge in [-0.25, -0.2) is 4.68 Å². The smallest absolute Gasteiger partial charge is 0.255 e. The van der Waals surface area contributed by atoms with Crippen LogP contribution in [0.2, 0.25) is 0 Å². The van der Waals surface area contributed by atoms with E-state index in [-0.39, 0.29) is 5.91 Å². The molecule has 0 saturated heterocycles. The number of nitrogens with zero attached hydrogens (tertiary/aromatic N) is 4. The number of hydrogen-bond acceptors (Lipinski definition) is 4. The Labute approximate surface area is 141 Å². The molecule has 0 fully saturated rings. The summed E-state index contributed by atoms with van der Waals surface area (Å²) in [5.74, 6) is 0.490. The Bertz CT molecular complexity index is 874. The van der Waals surface area contributed by atoms with Gasteiger partial charge in [0.2, 0.25) is 0 Å². The second kappa shape index (κ2) is 6.29. The van der Waals surface area contributed by atoms with Gasteiger partial charge in [0.1, 0.15) is 0 Å². The van der Waals surface area contributed by atoms with Crippen LogP contribution in [0.15, 0.2) is 46.9 Å². The fourth-order valence-electron chi connectivity index (χ4n) is 2.29. The molecular weight excluding hydrogens is 358 g/mol. The molecule has 0 unspecified atom stereocenters. The molecule has 1 N–H and O–H groups in total. The van der Waals surface area contributed by atoms with Crippen LogP contribution in [0.5, 0.6) is 0 Å². The van der Waals surface area contributed by atoms with E-state index in [2.05, 4.69) is 36.8 Å². The molecule has 7 heteroatoms. The van der Waals surface area contributed by atoms with E-state index in [1.807, 2.05) is 43.3 Å². The zero-order valence-corrected chi connectivity index (χ0v) is 14.2. The number of carbonyl (C=O) groups excluding carboxylic acids is 1. The predicted octanol–water partition coefficient (Wildman–Crippen LogP) is 3.20. The summed E-state index contributed by atoms with van der Waals surface area (Å²) < 4.78 is 2.53. The van der Waals surface area contributed by atoms with Gasteiger partial charge in [-0.1, -0.05) is 28.1 Å². The molecule has 1 aromatic heterocycles. The molecule has 1 heterocycles. The highest BCUT2D eigenvalue weighted by atomic mass is 79.9. The normalized spacial score (nSPS) is 10.6. The maximum absolute atomic E-state index is 12.4. The van der Waals surface area contributed by atoms with Crippen molar-refractivity contribution in [3.05, 3.63) is 58.1 Å². The van der Waals surface area contributed by atoms with Crippen molar-refractivity contribution >= 4 is 27.5 Å². The molecule has 0 saturated carbocycles. The van der Waals surface area contributed by atoms with Crippen LogP contribution in [0.25, 0.3) is 11.4 Å². The fourth-order valence-corrected chi connectivity index (χ4v) is 2.77. The summed E-state index contributed by atoms with van der Waals surface area (Å²) in [7, 11) is 1.77. The minimum Gasteiger partial charge on any atom is -0.322 e. The highest BCUT2D eigenvalue weighted by molar-refractivity contribution is 9.10. The second-order valence-electron chi connectivity index (χ2n) is 5.12. The van der Waals surface area contributed by atoms with Gasteiger partial charge in [0, 0.05) is 28.3 Å². The number of carbonyl (C=O) groups is 1. The summed E-state index contributed by atoms with van der Waals surface area (Å²) in [6.07, 6.45) is 0.